The van der Waals surface area contributed by atoms with Gasteiger partial charge in [-0.3, -0.25) is 9.69 Å². The van der Waals surface area contributed by atoms with Gasteiger partial charge in [0.1, 0.15) is 5.54 Å². The Morgan fingerprint density at radius 3 is 2.31 bits per heavy atom. The Bertz CT molecular complexity index is 1210. The first-order valence-corrected chi connectivity index (χ1v) is 10.1. The summed E-state index contributed by atoms with van der Waals surface area (Å²) in [5.41, 5.74) is 2.87. The topological polar surface area (TPSA) is 27.9 Å². The molecule has 3 aromatic carbocycles. The lowest BCUT2D eigenvalue weighted by Crippen LogP contribution is -2.55. The van der Waals surface area contributed by atoms with Crippen molar-refractivity contribution in [2.75, 3.05) is 9.80 Å². The summed E-state index contributed by atoms with van der Waals surface area (Å²) in [6, 6.07) is 19.5. The van der Waals surface area contributed by atoms with Crippen molar-refractivity contribution in [3.8, 4) is 0 Å². The summed E-state index contributed by atoms with van der Waals surface area (Å²) < 4.78 is 0. The van der Waals surface area contributed by atoms with E-state index in [1.54, 1.807) is 11.0 Å². The summed E-state index contributed by atoms with van der Waals surface area (Å²) in [6.45, 7) is 9.51. The summed E-state index contributed by atoms with van der Waals surface area (Å²) in [7, 11) is 0. The van der Waals surface area contributed by atoms with Crippen LogP contribution in [0, 0.1) is 13.5 Å². The minimum Gasteiger partial charge on any atom is -0.303 e. The third-order valence-corrected chi connectivity index (χ3v) is 6.49. The van der Waals surface area contributed by atoms with Crippen LogP contribution in [0.25, 0.3) is 15.6 Å². The van der Waals surface area contributed by atoms with E-state index in [9.17, 15) is 4.79 Å². The molecule has 0 aromatic heterocycles. The molecule has 5 rings (SSSR count). The SMILES string of the molecule is [C-]#[N+]c1ccc(N2C(=O)C3(CCC3)N(c3ccc(C)cc3)C2=S)c2ccccc12. The molecule has 1 saturated heterocycles. The molecule has 0 bridgehead atoms. The van der Waals surface area contributed by atoms with Gasteiger partial charge in [-0.1, -0.05) is 48.0 Å². The van der Waals surface area contributed by atoms with Gasteiger partial charge in [0.25, 0.3) is 5.91 Å². The first kappa shape index (κ1) is 17.8. The number of nitrogens with zero attached hydrogens (tertiary/aromatic N) is 3. The Morgan fingerprint density at radius 1 is 1.00 bits per heavy atom. The van der Waals surface area contributed by atoms with Gasteiger partial charge >= 0.3 is 0 Å². The number of hydrogen-bond donors (Lipinski definition) is 0. The van der Waals surface area contributed by atoms with Crippen molar-refractivity contribution < 1.29 is 4.79 Å². The molecule has 2 fully saturated rings. The van der Waals surface area contributed by atoms with Crippen LogP contribution in [0.3, 0.4) is 0 Å². The van der Waals surface area contributed by atoms with E-state index in [-0.39, 0.29) is 5.91 Å². The fourth-order valence-electron chi connectivity index (χ4n) is 4.45. The molecule has 0 atom stereocenters. The molecule has 2 aliphatic rings. The van der Waals surface area contributed by atoms with Crippen molar-refractivity contribution in [1.82, 2.24) is 0 Å². The largest absolute Gasteiger partial charge is 0.303 e. The number of carbonyl (C=O) groups is 1. The second-order valence-corrected chi connectivity index (χ2v) is 8.11. The Kier molecular flexibility index (Phi) is 3.94. The average molecular weight is 398 g/mol. The summed E-state index contributed by atoms with van der Waals surface area (Å²) >= 11 is 5.88. The molecule has 0 N–H and O–H groups in total. The van der Waals surface area contributed by atoms with Crippen LogP contribution in [0.2, 0.25) is 0 Å². The smallest absolute Gasteiger partial charge is 0.259 e. The number of hydrogen-bond acceptors (Lipinski definition) is 2. The van der Waals surface area contributed by atoms with Crippen molar-refractivity contribution >= 4 is 51.1 Å². The second-order valence-electron chi connectivity index (χ2n) is 7.74. The molecule has 3 aromatic rings. The van der Waals surface area contributed by atoms with Crippen molar-refractivity contribution in [3.05, 3.63) is 77.6 Å². The fourth-order valence-corrected chi connectivity index (χ4v) is 4.91. The number of thiocarbonyl (C=S) groups is 1. The monoisotopic (exact) mass is 397 g/mol. The highest BCUT2D eigenvalue weighted by Gasteiger charge is 2.59. The normalized spacial score (nSPS) is 17.7. The molecule has 29 heavy (non-hydrogen) atoms. The highest BCUT2D eigenvalue weighted by atomic mass is 32.1. The Hall–Kier alpha value is -3.23. The van der Waals surface area contributed by atoms with Crippen molar-refractivity contribution in [3.63, 3.8) is 0 Å². The molecule has 1 amide bonds. The zero-order valence-corrected chi connectivity index (χ0v) is 16.9. The lowest BCUT2D eigenvalue weighted by molar-refractivity contribution is -0.123. The molecular weight excluding hydrogens is 378 g/mol. The van der Waals surface area contributed by atoms with E-state index in [4.69, 9.17) is 18.8 Å². The van der Waals surface area contributed by atoms with E-state index in [0.29, 0.717) is 10.8 Å². The summed E-state index contributed by atoms with van der Waals surface area (Å²) in [5.74, 6) is 0.0371. The Balaban J connectivity index is 1.69. The minimum atomic E-state index is -0.591. The number of carbonyl (C=O) groups excluding carboxylic acids is 1. The lowest BCUT2D eigenvalue weighted by Gasteiger charge is -2.43. The van der Waals surface area contributed by atoms with E-state index in [1.165, 1.54) is 5.56 Å². The summed E-state index contributed by atoms with van der Waals surface area (Å²) in [4.78, 5) is 21.1. The molecule has 142 valence electrons. The third-order valence-electron chi connectivity index (χ3n) is 6.12. The maximum absolute atomic E-state index is 13.7. The number of benzene rings is 3. The van der Waals surface area contributed by atoms with Gasteiger partial charge in [0, 0.05) is 5.69 Å². The highest BCUT2D eigenvalue weighted by Crippen LogP contribution is 2.49. The fraction of sp³-hybridized carbons (Fsp3) is 0.208. The minimum absolute atomic E-state index is 0.0371. The second kappa shape index (κ2) is 6.40. The van der Waals surface area contributed by atoms with Crippen LogP contribution < -0.4 is 9.80 Å². The van der Waals surface area contributed by atoms with Gasteiger partial charge < -0.3 is 4.90 Å². The van der Waals surface area contributed by atoms with Crippen LogP contribution in [0.15, 0.2) is 60.7 Å². The first-order chi connectivity index (χ1) is 14.1. The molecule has 5 heteroatoms. The van der Waals surface area contributed by atoms with Gasteiger partial charge in [0.2, 0.25) is 0 Å². The number of aryl methyl sites for hydroxylation is 1. The summed E-state index contributed by atoms with van der Waals surface area (Å²) in [5, 5.41) is 2.23. The number of fused-ring (bicyclic) bond motifs is 1. The average Bonchev–Trinajstić information content (AvgIpc) is 2.95. The predicted octanol–water partition coefficient (Wildman–Crippen LogP) is 5.76. The van der Waals surface area contributed by atoms with Crippen LogP contribution in [-0.2, 0) is 4.79 Å². The molecule has 1 heterocycles. The van der Waals surface area contributed by atoms with E-state index >= 15 is 0 Å². The van der Waals surface area contributed by atoms with Crippen molar-refractivity contribution in [2.45, 2.75) is 31.7 Å². The van der Waals surface area contributed by atoms with Crippen LogP contribution in [0.1, 0.15) is 24.8 Å². The van der Waals surface area contributed by atoms with Gasteiger partial charge in [0.05, 0.1) is 12.3 Å². The lowest BCUT2D eigenvalue weighted by atomic mass is 9.75. The third kappa shape index (κ3) is 2.43. The molecule has 1 aliphatic carbocycles. The van der Waals surface area contributed by atoms with Gasteiger partial charge in [0.15, 0.2) is 10.8 Å². The van der Waals surface area contributed by atoms with Crippen molar-refractivity contribution in [1.29, 1.82) is 0 Å². The van der Waals surface area contributed by atoms with Crippen LogP contribution in [0.4, 0.5) is 17.1 Å². The molecule has 0 radical (unpaired) electrons. The van der Waals surface area contributed by atoms with E-state index < -0.39 is 5.54 Å². The number of amides is 1. The Labute approximate surface area is 175 Å². The molecule has 4 nitrogen and oxygen atoms in total. The van der Waals surface area contributed by atoms with Gasteiger partial charge in [-0.2, -0.15) is 0 Å². The number of anilines is 2. The maximum Gasteiger partial charge on any atom is 0.259 e. The van der Waals surface area contributed by atoms with Gasteiger partial charge in [-0.05, 0) is 67.4 Å². The molecule has 0 unspecified atom stereocenters. The van der Waals surface area contributed by atoms with Gasteiger partial charge in [-0.25, -0.2) is 4.85 Å². The zero-order chi connectivity index (χ0) is 20.2. The van der Waals surface area contributed by atoms with Gasteiger partial charge in [-0.15, -0.1) is 0 Å². The standard InChI is InChI=1S/C24H19N3OS/c1-16-8-10-17(11-9-16)27-23(29)26(22(28)24(27)14-5-15-24)21-13-12-20(25-2)18-6-3-4-7-19(18)21/h3-4,6-13H,5,14-15H2,1H3. The van der Waals surface area contributed by atoms with E-state index in [2.05, 4.69) is 17.0 Å². The van der Waals surface area contributed by atoms with Crippen LogP contribution in [0.5, 0.6) is 0 Å². The van der Waals surface area contributed by atoms with Crippen LogP contribution in [-0.4, -0.2) is 16.6 Å². The van der Waals surface area contributed by atoms with Crippen LogP contribution >= 0.6 is 12.2 Å². The van der Waals surface area contributed by atoms with Crippen molar-refractivity contribution in [2.24, 2.45) is 0 Å². The van der Waals surface area contributed by atoms with E-state index in [1.807, 2.05) is 54.3 Å². The Morgan fingerprint density at radius 2 is 1.69 bits per heavy atom. The molecular formula is C24H19N3OS. The zero-order valence-electron chi connectivity index (χ0n) is 16.1. The summed E-state index contributed by atoms with van der Waals surface area (Å²) in [6.07, 6.45) is 2.62. The number of rotatable bonds is 2. The predicted molar refractivity (Wildman–Crippen MR) is 121 cm³/mol. The highest BCUT2D eigenvalue weighted by molar-refractivity contribution is 7.81. The molecule has 1 saturated carbocycles. The van der Waals surface area contributed by atoms with E-state index in [0.717, 1.165) is 41.4 Å². The molecule has 1 spiro atoms. The first-order valence-electron chi connectivity index (χ1n) is 9.71. The molecule has 1 aliphatic heterocycles. The quantitative estimate of drug-likeness (QED) is 0.406. The maximum atomic E-state index is 13.7.